The molecule has 1 heterocycles. The summed E-state index contributed by atoms with van der Waals surface area (Å²) in [4.78, 5) is 3.90. The first-order valence-electron chi connectivity index (χ1n) is 5.43. The first-order valence-corrected chi connectivity index (χ1v) is 6.83. The summed E-state index contributed by atoms with van der Waals surface area (Å²) < 4.78 is 26.8. The summed E-state index contributed by atoms with van der Waals surface area (Å²) in [5.41, 5.74) is 0. The van der Waals surface area contributed by atoms with Crippen LogP contribution in [0.5, 0.6) is 0 Å². The van der Waals surface area contributed by atoms with Crippen molar-refractivity contribution in [1.82, 2.24) is 4.98 Å². The molecule has 1 unspecified atom stereocenters. The molecule has 0 bridgehead atoms. The van der Waals surface area contributed by atoms with Crippen molar-refractivity contribution in [2.24, 2.45) is 0 Å². The van der Waals surface area contributed by atoms with E-state index in [-0.39, 0.29) is 17.7 Å². The highest BCUT2D eigenvalue weighted by molar-refractivity contribution is 7.98. The lowest BCUT2D eigenvalue weighted by Crippen LogP contribution is -2.20. The molecule has 2 N–H and O–H groups in total. The molecule has 0 spiro atoms. The second-order valence-electron chi connectivity index (χ2n) is 3.68. The Balaban J connectivity index is 2.87. The molecule has 17 heavy (non-hydrogen) atoms. The van der Waals surface area contributed by atoms with Gasteiger partial charge in [0.1, 0.15) is 0 Å². The van der Waals surface area contributed by atoms with Gasteiger partial charge in [-0.3, -0.25) is 0 Å². The van der Waals surface area contributed by atoms with Gasteiger partial charge in [0.25, 0.3) is 0 Å². The monoisotopic (exact) mass is 261 g/mol. The maximum atomic E-state index is 13.5. The maximum Gasteiger partial charge on any atom is 0.168 e. The Kier molecular flexibility index (Phi) is 5.47. The van der Waals surface area contributed by atoms with Gasteiger partial charge in [0.2, 0.25) is 0 Å². The predicted molar refractivity (Wildman–Crippen MR) is 69.8 cm³/mol. The third-order valence-corrected chi connectivity index (χ3v) is 2.91. The van der Waals surface area contributed by atoms with E-state index < -0.39 is 11.6 Å². The first kappa shape index (κ1) is 14.0. The molecular formula is C11H17F2N3S. The van der Waals surface area contributed by atoms with Gasteiger partial charge >= 0.3 is 0 Å². The molecule has 0 aliphatic carbocycles. The molecule has 0 radical (unpaired) electrons. The standard InChI is InChI=1S/C11H17F2N3S/c1-4-14-10-8(12)5-9(13)11(16-10)15-7(2)6-17-3/h5,7H,4,6H2,1-3H3,(H2,14,15,16). The first-order chi connectivity index (χ1) is 8.08. The number of pyridine rings is 1. The fourth-order valence-electron chi connectivity index (χ4n) is 1.38. The van der Waals surface area contributed by atoms with E-state index in [0.717, 1.165) is 11.8 Å². The van der Waals surface area contributed by atoms with Crippen molar-refractivity contribution in [3.63, 3.8) is 0 Å². The van der Waals surface area contributed by atoms with E-state index in [1.54, 1.807) is 11.8 Å². The Hall–Kier alpha value is -1.04. The number of aromatic nitrogens is 1. The van der Waals surface area contributed by atoms with E-state index in [1.165, 1.54) is 0 Å². The minimum Gasteiger partial charge on any atom is -0.368 e. The molecule has 0 aromatic carbocycles. The topological polar surface area (TPSA) is 37.0 Å². The highest BCUT2D eigenvalue weighted by Gasteiger charge is 2.13. The lowest BCUT2D eigenvalue weighted by Gasteiger charge is -2.15. The number of hydrogen-bond donors (Lipinski definition) is 2. The fraction of sp³-hybridized carbons (Fsp3) is 0.545. The van der Waals surface area contributed by atoms with Crippen LogP contribution in [0.2, 0.25) is 0 Å². The maximum absolute atomic E-state index is 13.5. The molecule has 3 nitrogen and oxygen atoms in total. The van der Waals surface area contributed by atoms with E-state index in [1.807, 2.05) is 20.1 Å². The normalized spacial score (nSPS) is 12.3. The molecule has 1 rings (SSSR count). The van der Waals surface area contributed by atoms with Gasteiger partial charge in [0, 0.05) is 24.4 Å². The highest BCUT2D eigenvalue weighted by atomic mass is 32.2. The molecule has 0 saturated carbocycles. The number of nitrogens with one attached hydrogen (secondary N) is 2. The van der Waals surface area contributed by atoms with Gasteiger partial charge in [-0.05, 0) is 20.1 Å². The van der Waals surface area contributed by atoms with Crippen LogP contribution in [0.3, 0.4) is 0 Å². The van der Waals surface area contributed by atoms with Crippen LogP contribution in [0, 0.1) is 11.6 Å². The quantitative estimate of drug-likeness (QED) is 0.825. The lowest BCUT2D eigenvalue weighted by molar-refractivity contribution is 0.577. The molecule has 1 aromatic heterocycles. The smallest absolute Gasteiger partial charge is 0.168 e. The van der Waals surface area contributed by atoms with Gasteiger partial charge in [-0.2, -0.15) is 11.8 Å². The summed E-state index contributed by atoms with van der Waals surface area (Å²) in [5.74, 6) is -0.351. The Morgan fingerprint density at radius 2 is 2.00 bits per heavy atom. The number of rotatable bonds is 6. The zero-order valence-corrected chi connectivity index (χ0v) is 11.0. The van der Waals surface area contributed by atoms with Gasteiger partial charge in [0.15, 0.2) is 23.3 Å². The number of nitrogens with zero attached hydrogens (tertiary/aromatic N) is 1. The van der Waals surface area contributed by atoms with Crippen molar-refractivity contribution in [3.8, 4) is 0 Å². The Bertz CT molecular complexity index is 374. The van der Waals surface area contributed by atoms with Crippen LogP contribution in [0.1, 0.15) is 13.8 Å². The summed E-state index contributed by atoms with van der Waals surface area (Å²) in [7, 11) is 0. The van der Waals surface area contributed by atoms with Gasteiger partial charge in [-0.15, -0.1) is 0 Å². The van der Waals surface area contributed by atoms with Gasteiger partial charge in [0.05, 0.1) is 0 Å². The van der Waals surface area contributed by atoms with E-state index in [0.29, 0.717) is 6.54 Å². The molecule has 0 aliphatic heterocycles. The van der Waals surface area contributed by atoms with E-state index in [9.17, 15) is 8.78 Å². The molecule has 96 valence electrons. The van der Waals surface area contributed by atoms with Crippen LogP contribution in [0.15, 0.2) is 6.07 Å². The van der Waals surface area contributed by atoms with Gasteiger partial charge in [-0.1, -0.05) is 0 Å². The highest BCUT2D eigenvalue weighted by Crippen LogP contribution is 2.19. The summed E-state index contributed by atoms with van der Waals surface area (Å²) in [6.45, 7) is 4.29. The van der Waals surface area contributed by atoms with Crippen molar-refractivity contribution in [1.29, 1.82) is 0 Å². The zero-order valence-electron chi connectivity index (χ0n) is 10.2. The third kappa shape index (κ3) is 4.03. The Morgan fingerprint density at radius 3 is 2.59 bits per heavy atom. The van der Waals surface area contributed by atoms with Crippen LogP contribution in [-0.2, 0) is 0 Å². The van der Waals surface area contributed by atoms with Crippen molar-refractivity contribution < 1.29 is 8.78 Å². The number of anilines is 2. The minimum absolute atomic E-state index is 0.0759. The van der Waals surface area contributed by atoms with Crippen molar-refractivity contribution in [2.45, 2.75) is 19.9 Å². The summed E-state index contributed by atoms with van der Waals surface area (Å²) in [6, 6.07) is 0.922. The molecule has 6 heteroatoms. The molecule has 1 aromatic rings. The van der Waals surface area contributed by atoms with Crippen LogP contribution in [0.25, 0.3) is 0 Å². The third-order valence-electron chi connectivity index (χ3n) is 2.07. The minimum atomic E-state index is -0.674. The number of thioether (sulfide) groups is 1. The van der Waals surface area contributed by atoms with Crippen molar-refractivity contribution >= 4 is 23.4 Å². The van der Waals surface area contributed by atoms with Crippen LogP contribution >= 0.6 is 11.8 Å². The van der Waals surface area contributed by atoms with Crippen molar-refractivity contribution in [2.75, 3.05) is 29.2 Å². The number of hydrogen-bond acceptors (Lipinski definition) is 4. The molecule has 0 fully saturated rings. The SMILES string of the molecule is CCNc1nc(NC(C)CSC)c(F)cc1F. The molecule has 0 amide bonds. The van der Waals surface area contributed by atoms with E-state index in [2.05, 4.69) is 15.6 Å². The molecule has 1 atom stereocenters. The van der Waals surface area contributed by atoms with E-state index in [4.69, 9.17) is 0 Å². The fourth-order valence-corrected chi connectivity index (χ4v) is 1.97. The Morgan fingerprint density at radius 1 is 1.35 bits per heavy atom. The Labute approximate surface area is 104 Å². The van der Waals surface area contributed by atoms with Crippen LogP contribution < -0.4 is 10.6 Å². The molecular weight excluding hydrogens is 244 g/mol. The number of halogens is 2. The average Bonchev–Trinajstić information content (AvgIpc) is 2.25. The zero-order chi connectivity index (χ0) is 12.8. The van der Waals surface area contributed by atoms with E-state index >= 15 is 0 Å². The molecule has 0 saturated heterocycles. The van der Waals surface area contributed by atoms with Gasteiger partial charge in [-0.25, -0.2) is 13.8 Å². The average molecular weight is 261 g/mol. The van der Waals surface area contributed by atoms with Crippen molar-refractivity contribution in [3.05, 3.63) is 17.7 Å². The lowest BCUT2D eigenvalue weighted by atomic mass is 10.3. The largest absolute Gasteiger partial charge is 0.368 e. The summed E-state index contributed by atoms with van der Waals surface area (Å²) in [5, 5.41) is 5.67. The van der Waals surface area contributed by atoms with Crippen LogP contribution in [-0.4, -0.2) is 29.6 Å². The van der Waals surface area contributed by atoms with Crippen LogP contribution in [0.4, 0.5) is 20.4 Å². The summed E-state index contributed by atoms with van der Waals surface area (Å²) in [6.07, 6.45) is 1.97. The second kappa shape index (κ2) is 6.64. The van der Waals surface area contributed by atoms with Gasteiger partial charge < -0.3 is 10.6 Å². The predicted octanol–water partition coefficient (Wildman–Crippen LogP) is 2.96. The summed E-state index contributed by atoms with van der Waals surface area (Å²) >= 11 is 1.65. The molecule has 0 aliphatic rings. The second-order valence-corrected chi connectivity index (χ2v) is 4.59.